The normalized spacial score (nSPS) is 27.7. The molecule has 0 aromatic carbocycles. The molecular formula is C10H18O4. The molecule has 0 bridgehead atoms. The summed E-state index contributed by atoms with van der Waals surface area (Å²) in [5, 5.41) is 9.12. The molecule has 2 atom stereocenters. The molecule has 82 valence electrons. The minimum absolute atomic E-state index is 0.0246. The van der Waals surface area contributed by atoms with Crippen molar-refractivity contribution in [1.29, 1.82) is 0 Å². The zero-order valence-electron chi connectivity index (χ0n) is 8.95. The predicted octanol–water partition coefficient (Wildman–Crippen LogP) is 1.05. The highest BCUT2D eigenvalue weighted by molar-refractivity contribution is 5.15. The zero-order valence-corrected chi connectivity index (χ0v) is 8.95. The van der Waals surface area contributed by atoms with Crippen molar-refractivity contribution in [3.8, 4) is 0 Å². The number of hydrogen-bond donors (Lipinski definition) is 1. The lowest BCUT2D eigenvalue weighted by molar-refractivity contribution is -0.145. The summed E-state index contributed by atoms with van der Waals surface area (Å²) in [5.41, 5.74) is 0.809. The van der Waals surface area contributed by atoms with Crippen molar-refractivity contribution in [2.75, 3.05) is 20.3 Å². The van der Waals surface area contributed by atoms with Gasteiger partial charge in [0.05, 0.1) is 12.7 Å². The van der Waals surface area contributed by atoms with Gasteiger partial charge in [0.25, 0.3) is 0 Å². The lowest BCUT2D eigenvalue weighted by Crippen LogP contribution is -2.33. The van der Waals surface area contributed by atoms with Crippen LogP contribution < -0.4 is 0 Å². The minimum Gasteiger partial charge on any atom is -0.469 e. The van der Waals surface area contributed by atoms with Crippen LogP contribution >= 0.6 is 0 Å². The average Bonchev–Trinajstić information content (AvgIpc) is 2.17. The molecule has 1 N–H and O–H groups in total. The number of methoxy groups -OCH3 is 1. The molecule has 0 aromatic heterocycles. The van der Waals surface area contributed by atoms with E-state index in [-0.39, 0.29) is 19.0 Å². The van der Waals surface area contributed by atoms with E-state index in [0.29, 0.717) is 18.8 Å². The molecule has 0 spiro atoms. The number of ether oxygens (including phenoxy) is 3. The average molecular weight is 202 g/mol. The molecule has 0 radical (unpaired) electrons. The second kappa shape index (κ2) is 5.34. The third-order valence-corrected chi connectivity index (χ3v) is 2.36. The summed E-state index contributed by atoms with van der Waals surface area (Å²) in [4.78, 5) is 0. The van der Waals surface area contributed by atoms with Crippen molar-refractivity contribution in [1.82, 2.24) is 0 Å². The molecule has 0 saturated heterocycles. The summed E-state index contributed by atoms with van der Waals surface area (Å²) >= 11 is 0. The molecular weight excluding hydrogens is 184 g/mol. The van der Waals surface area contributed by atoms with E-state index in [1.165, 1.54) is 0 Å². The van der Waals surface area contributed by atoms with Gasteiger partial charge in [0, 0.05) is 25.7 Å². The zero-order chi connectivity index (χ0) is 10.6. The number of hydrogen-bond acceptors (Lipinski definition) is 4. The number of aliphatic hydroxyl groups excluding tert-OH is 1. The lowest BCUT2D eigenvalue weighted by atomic mass is 10.0. The molecule has 4 nitrogen and oxygen atoms in total. The largest absolute Gasteiger partial charge is 0.469 e. The van der Waals surface area contributed by atoms with Crippen molar-refractivity contribution < 1.29 is 19.3 Å². The van der Waals surface area contributed by atoms with Gasteiger partial charge in [-0.15, -0.1) is 0 Å². The van der Waals surface area contributed by atoms with Crippen LogP contribution in [0.3, 0.4) is 0 Å². The molecule has 0 fully saturated rings. The standard InChI is InChI=1S/C10H18O4/c1-4-13-10-5-9(12-3)8(6-11)7(2)14-10/h9-11H,4-6H2,1-3H3/t9-,10+/m1/s1. The Morgan fingerprint density at radius 2 is 2.29 bits per heavy atom. The quantitative estimate of drug-likeness (QED) is 0.740. The van der Waals surface area contributed by atoms with Crippen molar-refractivity contribution in [2.45, 2.75) is 32.7 Å². The van der Waals surface area contributed by atoms with Gasteiger partial charge in [0.15, 0.2) is 0 Å². The van der Waals surface area contributed by atoms with E-state index in [4.69, 9.17) is 19.3 Å². The van der Waals surface area contributed by atoms with Crippen LogP contribution in [-0.2, 0) is 14.2 Å². The maximum Gasteiger partial charge on any atom is 0.202 e. The maximum absolute atomic E-state index is 9.12. The molecule has 1 rings (SSSR count). The van der Waals surface area contributed by atoms with Crippen LogP contribution in [0.15, 0.2) is 11.3 Å². The van der Waals surface area contributed by atoms with E-state index in [0.717, 1.165) is 5.57 Å². The maximum atomic E-state index is 9.12. The SMILES string of the molecule is CCO[C@@H]1C[C@@H](OC)C(CO)=C(C)O1. The number of aliphatic hydroxyl groups is 1. The Hall–Kier alpha value is -0.580. The lowest BCUT2D eigenvalue weighted by Gasteiger charge is -2.31. The predicted molar refractivity (Wildman–Crippen MR) is 51.7 cm³/mol. The third kappa shape index (κ3) is 2.47. The van der Waals surface area contributed by atoms with Crippen LogP contribution in [0.2, 0.25) is 0 Å². The van der Waals surface area contributed by atoms with Gasteiger partial charge in [0.2, 0.25) is 6.29 Å². The summed E-state index contributed by atoms with van der Waals surface area (Å²) in [6.07, 6.45) is 0.294. The van der Waals surface area contributed by atoms with Gasteiger partial charge in [0.1, 0.15) is 5.76 Å². The van der Waals surface area contributed by atoms with E-state index in [2.05, 4.69) is 0 Å². The van der Waals surface area contributed by atoms with Crippen LogP contribution in [0.4, 0.5) is 0 Å². The highest BCUT2D eigenvalue weighted by Gasteiger charge is 2.28. The highest BCUT2D eigenvalue weighted by atomic mass is 16.7. The van der Waals surface area contributed by atoms with E-state index in [1.807, 2.05) is 13.8 Å². The third-order valence-electron chi connectivity index (χ3n) is 2.36. The molecule has 0 saturated carbocycles. The minimum atomic E-state index is -0.250. The molecule has 0 unspecified atom stereocenters. The fraction of sp³-hybridized carbons (Fsp3) is 0.800. The second-order valence-electron chi connectivity index (χ2n) is 3.20. The van der Waals surface area contributed by atoms with E-state index in [9.17, 15) is 0 Å². The molecule has 1 aliphatic rings. The summed E-state index contributed by atoms with van der Waals surface area (Å²) in [7, 11) is 1.63. The van der Waals surface area contributed by atoms with E-state index in [1.54, 1.807) is 7.11 Å². The van der Waals surface area contributed by atoms with E-state index >= 15 is 0 Å². The van der Waals surface area contributed by atoms with Crippen molar-refractivity contribution >= 4 is 0 Å². The summed E-state index contributed by atoms with van der Waals surface area (Å²) in [6.45, 7) is 4.33. The first-order chi connectivity index (χ1) is 6.72. The molecule has 1 aliphatic heterocycles. The van der Waals surface area contributed by atoms with Gasteiger partial charge >= 0.3 is 0 Å². The number of allylic oxidation sites excluding steroid dienone is 1. The second-order valence-corrected chi connectivity index (χ2v) is 3.20. The Morgan fingerprint density at radius 3 is 2.79 bits per heavy atom. The van der Waals surface area contributed by atoms with Gasteiger partial charge in [-0.1, -0.05) is 0 Å². The van der Waals surface area contributed by atoms with Crippen molar-refractivity contribution in [3.05, 3.63) is 11.3 Å². The smallest absolute Gasteiger partial charge is 0.202 e. The topological polar surface area (TPSA) is 47.9 Å². The first kappa shape index (κ1) is 11.5. The Labute approximate surface area is 84.5 Å². The fourth-order valence-corrected chi connectivity index (χ4v) is 1.60. The van der Waals surface area contributed by atoms with Crippen LogP contribution in [-0.4, -0.2) is 37.8 Å². The van der Waals surface area contributed by atoms with Gasteiger partial charge in [-0.05, 0) is 13.8 Å². The fourth-order valence-electron chi connectivity index (χ4n) is 1.60. The van der Waals surface area contributed by atoms with Crippen LogP contribution in [0.25, 0.3) is 0 Å². The summed E-state index contributed by atoms with van der Waals surface area (Å²) in [5.74, 6) is 0.712. The van der Waals surface area contributed by atoms with Crippen LogP contribution in [0.1, 0.15) is 20.3 Å². The molecule has 4 heteroatoms. The first-order valence-corrected chi connectivity index (χ1v) is 4.84. The Morgan fingerprint density at radius 1 is 1.57 bits per heavy atom. The van der Waals surface area contributed by atoms with Gasteiger partial charge in [-0.2, -0.15) is 0 Å². The molecule has 0 aromatic rings. The molecule has 14 heavy (non-hydrogen) atoms. The molecule has 0 amide bonds. The Balaban J connectivity index is 2.70. The van der Waals surface area contributed by atoms with E-state index < -0.39 is 0 Å². The molecule has 1 heterocycles. The summed E-state index contributed by atoms with van der Waals surface area (Å²) in [6, 6.07) is 0. The van der Waals surface area contributed by atoms with Crippen molar-refractivity contribution in [2.24, 2.45) is 0 Å². The summed E-state index contributed by atoms with van der Waals surface area (Å²) < 4.78 is 16.1. The van der Waals surface area contributed by atoms with Crippen molar-refractivity contribution in [3.63, 3.8) is 0 Å². The van der Waals surface area contributed by atoms with Crippen LogP contribution in [0, 0.1) is 0 Å². The monoisotopic (exact) mass is 202 g/mol. The number of rotatable bonds is 4. The first-order valence-electron chi connectivity index (χ1n) is 4.84. The highest BCUT2D eigenvalue weighted by Crippen LogP contribution is 2.26. The van der Waals surface area contributed by atoms with Crippen LogP contribution in [0.5, 0.6) is 0 Å². The Bertz CT molecular complexity index is 212. The van der Waals surface area contributed by atoms with Gasteiger partial charge in [-0.25, -0.2) is 0 Å². The van der Waals surface area contributed by atoms with Gasteiger partial charge < -0.3 is 19.3 Å². The molecule has 0 aliphatic carbocycles. The Kier molecular flexibility index (Phi) is 4.38. The van der Waals surface area contributed by atoms with Gasteiger partial charge in [-0.3, -0.25) is 0 Å².